The fourth-order valence-electron chi connectivity index (χ4n) is 1.98. The molecule has 0 saturated carbocycles. The molecule has 0 unspecified atom stereocenters. The fourth-order valence-corrected chi connectivity index (χ4v) is 2.63. The van der Waals surface area contributed by atoms with Crippen LogP contribution in [0.1, 0.15) is 12.0 Å². The Morgan fingerprint density at radius 2 is 2.26 bits per heavy atom. The van der Waals surface area contributed by atoms with Gasteiger partial charge in [-0.1, -0.05) is 12.1 Å². The summed E-state index contributed by atoms with van der Waals surface area (Å²) in [5.74, 6) is 0.207. The number of benzene rings is 1. The Bertz CT molecular complexity index is 744. The number of amides is 1. The minimum Gasteiger partial charge on any atom is -0.326 e. The number of hydrogen-bond acceptors (Lipinski definition) is 5. The van der Waals surface area contributed by atoms with Crippen molar-refractivity contribution >= 4 is 28.1 Å². The Balaban J connectivity index is 1.89. The van der Waals surface area contributed by atoms with Crippen LogP contribution in [0.25, 0.3) is 0 Å². The van der Waals surface area contributed by atoms with Crippen molar-refractivity contribution in [2.45, 2.75) is 18.7 Å². The molecule has 0 aliphatic rings. The molecule has 0 radical (unpaired) electrons. The van der Waals surface area contributed by atoms with Crippen LogP contribution in [-0.2, 0) is 27.9 Å². The first kappa shape index (κ1) is 16.8. The van der Waals surface area contributed by atoms with Crippen LogP contribution >= 0.6 is 0 Å². The van der Waals surface area contributed by atoms with Crippen LogP contribution in [0.15, 0.2) is 36.7 Å². The third-order valence-electron chi connectivity index (χ3n) is 2.98. The van der Waals surface area contributed by atoms with E-state index in [1.165, 1.54) is 10.9 Å². The molecule has 1 atom stereocenters. The van der Waals surface area contributed by atoms with Gasteiger partial charge in [-0.2, -0.15) is 5.10 Å². The van der Waals surface area contributed by atoms with Gasteiger partial charge in [0, 0.05) is 41.5 Å². The Morgan fingerprint density at radius 3 is 2.91 bits per heavy atom. The lowest BCUT2D eigenvalue weighted by atomic mass is 10.2. The van der Waals surface area contributed by atoms with Crippen LogP contribution in [0, 0.1) is 10.1 Å². The van der Waals surface area contributed by atoms with E-state index in [2.05, 4.69) is 10.4 Å². The largest absolute Gasteiger partial charge is 0.326 e. The minimum absolute atomic E-state index is 0.106. The topological polar surface area (TPSA) is 107 Å². The molecule has 0 spiro atoms. The van der Waals surface area contributed by atoms with Gasteiger partial charge in [0.2, 0.25) is 5.91 Å². The number of nitrogens with one attached hydrogen (secondary N) is 1. The van der Waals surface area contributed by atoms with E-state index in [0.29, 0.717) is 11.4 Å². The number of hydrogen-bond donors (Lipinski definition) is 1. The molecular weight excluding hydrogens is 320 g/mol. The van der Waals surface area contributed by atoms with Gasteiger partial charge < -0.3 is 5.32 Å². The summed E-state index contributed by atoms with van der Waals surface area (Å²) >= 11 is 0. The minimum atomic E-state index is -0.947. The highest BCUT2D eigenvalue weighted by atomic mass is 32.2. The van der Waals surface area contributed by atoms with Crippen LogP contribution in [0.2, 0.25) is 0 Å². The van der Waals surface area contributed by atoms with E-state index < -0.39 is 15.7 Å². The van der Waals surface area contributed by atoms with E-state index in [9.17, 15) is 19.1 Å². The summed E-state index contributed by atoms with van der Waals surface area (Å²) in [7, 11) is -0.947. The number of nitro groups is 1. The van der Waals surface area contributed by atoms with Crippen molar-refractivity contribution in [3.63, 3.8) is 0 Å². The first-order valence-electron chi connectivity index (χ1n) is 6.79. The number of aromatic nitrogens is 2. The second-order valence-corrected chi connectivity index (χ2v) is 6.37. The Hall–Kier alpha value is -2.55. The zero-order valence-corrected chi connectivity index (χ0v) is 13.3. The number of carbonyl (C=O) groups excluding carboxylic acids is 1. The average Bonchev–Trinajstić information content (AvgIpc) is 2.94. The van der Waals surface area contributed by atoms with Crippen molar-refractivity contribution in [1.82, 2.24) is 9.78 Å². The van der Waals surface area contributed by atoms with Crippen molar-refractivity contribution in [3.05, 3.63) is 52.3 Å². The van der Waals surface area contributed by atoms with Gasteiger partial charge in [0.15, 0.2) is 0 Å². The molecule has 1 N–H and O–H groups in total. The van der Waals surface area contributed by atoms with Crippen LogP contribution in [0.5, 0.6) is 0 Å². The van der Waals surface area contributed by atoms with Crippen molar-refractivity contribution in [2.75, 3.05) is 11.6 Å². The molecule has 122 valence electrons. The van der Waals surface area contributed by atoms with Gasteiger partial charge in [-0.05, 0) is 17.7 Å². The van der Waals surface area contributed by atoms with Gasteiger partial charge in [0.25, 0.3) is 0 Å². The highest BCUT2D eigenvalue weighted by Gasteiger charge is 2.10. The first-order valence-corrected chi connectivity index (χ1v) is 8.52. The molecule has 23 heavy (non-hydrogen) atoms. The molecule has 1 heterocycles. The highest BCUT2D eigenvalue weighted by molar-refractivity contribution is 7.83. The summed E-state index contributed by atoms with van der Waals surface area (Å²) in [6.07, 6.45) is 4.19. The van der Waals surface area contributed by atoms with Gasteiger partial charge in [0.1, 0.15) is 12.4 Å². The normalized spacial score (nSPS) is 11.9. The molecule has 8 nitrogen and oxygen atoms in total. The fraction of sp³-hybridized carbons (Fsp3) is 0.286. The molecule has 1 amide bonds. The Labute approximate surface area is 135 Å². The maximum Gasteiger partial charge on any atom is 0.306 e. The van der Waals surface area contributed by atoms with Crippen LogP contribution in [-0.4, -0.2) is 31.1 Å². The number of rotatable bonds is 7. The second kappa shape index (κ2) is 7.63. The molecule has 0 bridgehead atoms. The molecule has 2 rings (SSSR count). The predicted molar refractivity (Wildman–Crippen MR) is 86.3 cm³/mol. The smallest absolute Gasteiger partial charge is 0.306 e. The standard InChI is InChI=1S/C14H16N4O4S/c1-23(22)10-11-3-2-4-12(7-11)16-14(19)5-6-17-9-13(8-15-17)18(20)21/h2-4,7-9H,5-6,10H2,1H3,(H,16,19)/t23-/m0/s1. The van der Waals surface area contributed by atoms with E-state index >= 15 is 0 Å². The van der Waals surface area contributed by atoms with Crippen molar-refractivity contribution < 1.29 is 13.9 Å². The molecule has 2 aromatic rings. The third kappa shape index (κ3) is 5.29. The second-order valence-electron chi connectivity index (χ2n) is 4.93. The van der Waals surface area contributed by atoms with Crippen LogP contribution < -0.4 is 5.32 Å². The molecular formula is C14H16N4O4S. The van der Waals surface area contributed by atoms with Gasteiger partial charge in [-0.25, -0.2) is 0 Å². The summed E-state index contributed by atoms with van der Waals surface area (Å²) in [5, 5.41) is 17.1. The van der Waals surface area contributed by atoms with E-state index in [-0.39, 0.29) is 24.6 Å². The maximum atomic E-state index is 11.9. The highest BCUT2D eigenvalue weighted by Crippen LogP contribution is 2.13. The molecule has 0 saturated heterocycles. The first-order chi connectivity index (χ1) is 10.9. The van der Waals surface area contributed by atoms with Gasteiger partial charge >= 0.3 is 5.69 Å². The lowest BCUT2D eigenvalue weighted by Gasteiger charge is -2.07. The van der Waals surface area contributed by atoms with Crippen LogP contribution in [0.3, 0.4) is 0 Å². The number of carbonyl (C=O) groups is 1. The number of anilines is 1. The lowest BCUT2D eigenvalue weighted by Crippen LogP contribution is -2.14. The van der Waals surface area contributed by atoms with E-state index in [1.54, 1.807) is 24.5 Å². The average molecular weight is 336 g/mol. The summed E-state index contributed by atoms with van der Waals surface area (Å²) in [4.78, 5) is 21.9. The van der Waals surface area contributed by atoms with E-state index in [4.69, 9.17) is 0 Å². The predicted octanol–water partition coefficient (Wildman–Crippen LogP) is 1.70. The van der Waals surface area contributed by atoms with Crippen molar-refractivity contribution in [2.24, 2.45) is 0 Å². The molecule has 0 aliphatic carbocycles. The van der Waals surface area contributed by atoms with E-state index in [0.717, 1.165) is 11.8 Å². The third-order valence-corrected chi connectivity index (χ3v) is 3.72. The van der Waals surface area contributed by atoms with Crippen molar-refractivity contribution in [3.8, 4) is 0 Å². The summed E-state index contributed by atoms with van der Waals surface area (Å²) in [6.45, 7) is 0.248. The molecule has 1 aromatic carbocycles. The Kier molecular flexibility index (Phi) is 5.58. The summed E-state index contributed by atoms with van der Waals surface area (Å²) in [6, 6.07) is 7.16. The molecule has 9 heteroatoms. The van der Waals surface area contributed by atoms with E-state index in [1.807, 2.05) is 6.07 Å². The summed E-state index contributed by atoms with van der Waals surface area (Å²) in [5.41, 5.74) is 1.40. The molecule has 0 aliphatic heterocycles. The maximum absolute atomic E-state index is 11.9. The lowest BCUT2D eigenvalue weighted by molar-refractivity contribution is -0.385. The number of nitrogens with zero attached hydrogens (tertiary/aromatic N) is 3. The summed E-state index contributed by atoms with van der Waals surface area (Å²) < 4.78 is 12.6. The van der Waals surface area contributed by atoms with Crippen molar-refractivity contribution in [1.29, 1.82) is 0 Å². The SMILES string of the molecule is C[S@](=O)Cc1cccc(NC(=O)CCn2cc([N+](=O)[O-])cn2)c1. The molecule has 0 fully saturated rings. The Morgan fingerprint density at radius 1 is 1.48 bits per heavy atom. The van der Waals surface area contributed by atoms with Crippen LogP contribution in [0.4, 0.5) is 11.4 Å². The molecule has 1 aromatic heterocycles. The van der Waals surface area contributed by atoms with Gasteiger partial charge in [-0.15, -0.1) is 0 Å². The monoisotopic (exact) mass is 336 g/mol. The number of aryl methyl sites for hydroxylation is 1. The van der Waals surface area contributed by atoms with Gasteiger partial charge in [-0.3, -0.25) is 23.8 Å². The zero-order chi connectivity index (χ0) is 16.8. The van der Waals surface area contributed by atoms with Gasteiger partial charge in [0.05, 0.1) is 4.92 Å². The quantitative estimate of drug-likeness (QED) is 0.611. The zero-order valence-electron chi connectivity index (χ0n) is 12.5.